The molecule has 1 aromatic carbocycles. The number of nitrogens with zero attached hydrogens (tertiary/aromatic N) is 1. The summed E-state index contributed by atoms with van der Waals surface area (Å²) in [5.41, 5.74) is 8.98. The van der Waals surface area contributed by atoms with Crippen molar-refractivity contribution in [2.45, 2.75) is 6.92 Å². The zero-order valence-corrected chi connectivity index (χ0v) is 9.30. The number of nitrogens with one attached hydrogen (secondary N) is 1. The molecule has 0 unspecified atom stereocenters. The van der Waals surface area contributed by atoms with E-state index in [1.165, 1.54) is 5.56 Å². The van der Waals surface area contributed by atoms with Gasteiger partial charge in [-0.25, -0.2) is 0 Å². The fourth-order valence-electron chi connectivity index (χ4n) is 1.41. The predicted octanol–water partition coefficient (Wildman–Crippen LogP) is 2.73. The minimum atomic E-state index is 0.603. The number of aromatic amines is 1. The molecule has 14 heavy (non-hydrogen) atoms. The second kappa shape index (κ2) is 3.46. The zero-order valence-electron chi connectivity index (χ0n) is 7.71. The lowest BCUT2D eigenvalue weighted by molar-refractivity contribution is 1.10. The van der Waals surface area contributed by atoms with Gasteiger partial charge in [-0.05, 0) is 24.1 Å². The van der Waals surface area contributed by atoms with Crippen LogP contribution in [0.15, 0.2) is 28.9 Å². The van der Waals surface area contributed by atoms with Gasteiger partial charge in [-0.2, -0.15) is 5.10 Å². The number of anilines is 1. The summed E-state index contributed by atoms with van der Waals surface area (Å²) in [6, 6.07) is 6.02. The van der Waals surface area contributed by atoms with Crippen molar-refractivity contribution in [3.63, 3.8) is 0 Å². The second-order valence-corrected chi connectivity index (χ2v) is 3.96. The third kappa shape index (κ3) is 1.42. The van der Waals surface area contributed by atoms with Gasteiger partial charge in [0.05, 0.1) is 6.20 Å². The van der Waals surface area contributed by atoms with Gasteiger partial charge in [0, 0.05) is 10.0 Å². The Morgan fingerprint density at radius 1 is 1.36 bits per heavy atom. The fourth-order valence-corrected chi connectivity index (χ4v) is 1.78. The highest BCUT2D eigenvalue weighted by atomic mass is 79.9. The molecule has 72 valence electrons. The van der Waals surface area contributed by atoms with Crippen molar-refractivity contribution in [1.82, 2.24) is 10.2 Å². The number of nitrogens with two attached hydrogens (primary N) is 1. The minimum absolute atomic E-state index is 0.603. The molecule has 3 nitrogen and oxygen atoms in total. The van der Waals surface area contributed by atoms with Crippen LogP contribution in [0.1, 0.15) is 5.56 Å². The minimum Gasteiger partial charge on any atom is -0.384 e. The van der Waals surface area contributed by atoms with Gasteiger partial charge in [0.15, 0.2) is 0 Å². The summed E-state index contributed by atoms with van der Waals surface area (Å²) in [5.74, 6) is 0.603. The topological polar surface area (TPSA) is 54.7 Å². The summed E-state index contributed by atoms with van der Waals surface area (Å²) in [5, 5.41) is 6.63. The number of halogens is 1. The van der Waals surface area contributed by atoms with E-state index in [4.69, 9.17) is 5.73 Å². The molecule has 0 fully saturated rings. The van der Waals surface area contributed by atoms with Crippen molar-refractivity contribution in [3.8, 4) is 11.1 Å². The van der Waals surface area contributed by atoms with Crippen LogP contribution in [0, 0.1) is 6.92 Å². The fraction of sp³-hybridized carbons (Fsp3) is 0.100. The summed E-state index contributed by atoms with van der Waals surface area (Å²) in [4.78, 5) is 0. The van der Waals surface area contributed by atoms with Crippen LogP contribution in [0.3, 0.4) is 0 Å². The smallest absolute Gasteiger partial charge is 0.126 e. The Kier molecular flexibility index (Phi) is 2.29. The third-order valence-corrected chi connectivity index (χ3v) is 3.09. The van der Waals surface area contributed by atoms with E-state index >= 15 is 0 Å². The molecule has 0 aliphatic rings. The molecular weight excluding hydrogens is 242 g/mol. The zero-order chi connectivity index (χ0) is 10.1. The highest BCUT2D eigenvalue weighted by Gasteiger charge is 2.08. The summed E-state index contributed by atoms with van der Waals surface area (Å²) in [7, 11) is 0. The molecule has 0 saturated carbocycles. The van der Waals surface area contributed by atoms with E-state index in [1.807, 2.05) is 25.1 Å². The van der Waals surface area contributed by atoms with E-state index in [9.17, 15) is 0 Å². The first-order valence-electron chi connectivity index (χ1n) is 4.24. The maximum absolute atomic E-state index is 5.76. The van der Waals surface area contributed by atoms with E-state index in [2.05, 4.69) is 26.1 Å². The second-order valence-electron chi connectivity index (χ2n) is 3.11. The van der Waals surface area contributed by atoms with Gasteiger partial charge < -0.3 is 5.73 Å². The Morgan fingerprint density at radius 3 is 2.79 bits per heavy atom. The molecule has 0 radical (unpaired) electrons. The van der Waals surface area contributed by atoms with Crippen LogP contribution >= 0.6 is 15.9 Å². The number of aromatic nitrogens is 2. The monoisotopic (exact) mass is 251 g/mol. The predicted molar refractivity (Wildman–Crippen MR) is 60.9 cm³/mol. The van der Waals surface area contributed by atoms with Crippen molar-refractivity contribution in [1.29, 1.82) is 0 Å². The van der Waals surface area contributed by atoms with E-state index in [1.54, 1.807) is 6.20 Å². The van der Waals surface area contributed by atoms with E-state index in [0.717, 1.165) is 15.6 Å². The highest BCUT2D eigenvalue weighted by molar-refractivity contribution is 9.10. The van der Waals surface area contributed by atoms with E-state index in [-0.39, 0.29) is 0 Å². The van der Waals surface area contributed by atoms with Crippen molar-refractivity contribution >= 4 is 21.7 Å². The first-order valence-corrected chi connectivity index (χ1v) is 5.04. The van der Waals surface area contributed by atoms with Crippen molar-refractivity contribution in [3.05, 3.63) is 34.4 Å². The Hall–Kier alpha value is -1.29. The molecule has 0 aliphatic heterocycles. The van der Waals surface area contributed by atoms with E-state index in [0.29, 0.717) is 5.82 Å². The van der Waals surface area contributed by atoms with Crippen LogP contribution in [0.4, 0.5) is 5.82 Å². The molecule has 1 aromatic heterocycles. The van der Waals surface area contributed by atoms with Crippen LogP contribution in [0.25, 0.3) is 11.1 Å². The molecule has 3 N–H and O–H groups in total. The standard InChI is InChI=1S/C10H10BrN3/c1-6-7(3-2-4-9(6)11)8-5-13-14-10(8)12/h2-5H,1H3,(H3,12,13,14). The lowest BCUT2D eigenvalue weighted by atomic mass is 10.0. The van der Waals surface area contributed by atoms with Crippen molar-refractivity contribution in [2.24, 2.45) is 0 Å². The molecule has 0 bridgehead atoms. The average Bonchev–Trinajstić information content (AvgIpc) is 2.57. The molecule has 4 heteroatoms. The molecule has 2 rings (SSSR count). The number of benzene rings is 1. The SMILES string of the molecule is Cc1c(Br)cccc1-c1cn[nH]c1N. The molecule has 0 atom stereocenters. The van der Waals surface area contributed by atoms with Crippen LogP contribution in [0.5, 0.6) is 0 Å². The average molecular weight is 252 g/mol. The van der Waals surface area contributed by atoms with Crippen molar-refractivity contribution in [2.75, 3.05) is 5.73 Å². The van der Waals surface area contributed by atoms with Gasteiger partial charge in [0.25, 0.3) is 0 Å². The molecule has 0 aliphatic carbocycles. The summed E-state index contributed by atoms with van der Waals surface area (Å²) in [6.45, 7) is 2.05. The number of H-pyrrole nitrogens is 1. The first kappa shape index (κ1) is 9.27. The first-order chi connectivity index (χ1) is 6.70. The Morgan fingerprint density at radius 2 is 2.14 bits per heavy atom. The maximum Gasteiger partial charge on any atom is 0.126 e. The molecule has 0 spiro atoms. The van der Waals surface area contributed by atoms with Gasteiger partial charge in [0.1, 0.15) is 5.82 Å². The lowest BCUT2D eigenvalue weighted by Crippen LogP contribution is -1.89. The largest absolute Gasteiger partial charge is 0.384 e. The van der Waals surface area contributed by atoms with Crippen LogP contribution < -0.4 is 5.73 Å². The number of nitrogen functional groups attached to an aromatic ring is 1. The normalized spacial score (nSPS) is 10.4. The molecule has 1 heterocycles. The van der Waals surface area contributed by atoms with Gasteiger partial charge in [0.2, 0.25) is 0 Å². The van der Waals surface area contributed by atoms with E-state index < -0.39 is 0 Å². The van der Waals surface area contributed by atoms with Gasteiger partial charge in [-0.15, -0.1) is 0 Å². The van der Waals surface area contributed by atoms with Crippen LogP contribution in [0.2, 0.25) is 0 Å². The van der Waals surface area contributed by atoms with Crippen LogP contribution in [-0.4, -0.2) is 10.2 Å². The molecular formula is C10H10BrN3. The maximum atomic E-state index is 5.76. The van der Waals surface area contributed by atoms with Crippen LogP contribution in [-0.2, 0) is 0 Å². The quantitative estimate of drug-likeness (QED) is 0.819. The summed E-state index contributed by atoms with van der Waals surface area (Å²) < 4.78 is 1.08. The number of hydrogen-bond donors (Lipinski definition) is 2. The number of rotatable bonds is 1. The molecule has 0 amide bonds. The Bertz CT molecular complexity index is 462. The van der Waals surface area contributed by atoms with Crippen molar-refractivity contribution < 1.29 is 0 Å². The van der Waals surface area contributed by atoms with Gasteiger partial charge in [-0.1, -0.05) is 28.1 Å². The summed E-state index contributed by atoms with van der Waals surface area (Å²) in [6.07, 6.45) is 1.74. The molecule has 0 saturated heterocycles. The highest BCUT2D eigenvalue weighted by Crippen LogP contribution is 2.30. The van der Waals surface area contributed by atoms with Gasteiger partial charge >= 0.3 is 0 Å². The summed E-state index contributed by atoms with van der Waals surface area (Å²) >= 11 is 3.48. The Labute approximate surface area is 90.5 Å². The van der Waals surface area contributed by atoms with Gasteiger partial charge in [-0.3, -0.25) is 5.10 Å². The number of hydrogen-bond acceptors (Lipinski definition) is 2. The Balaban J connectivity index is 2.63. The third-order valence-electron chi connectivity index (χ3n) is 2.23. The molecule has 2 aromatic rings. The lowest BCUT2D eigenvalue weighted by Gasteiger charge is -2.05.